The molecule has 0 atom stereocenters. The van der Waals surface area contributed by atoms with Crippen LogP contribution in [0.4, 0.5) is 0 Å². The quantitative estimate of drug-likeness (QED) is 0.495. The number of rotatable bonds is 7. The highest BCUT2D eigenvalue weighted by atomic mass is 79.9. The Hall–Kier alpha value is 0.657. The van der Waals surface area contributed by atoms with Crippen molar-refractivity contribution in [1.82, 2.24) is 0 Å². The summed E-state index contributed by atoms with van der Waals surface area (Å²) in [6, 6.07) is 3.91. The molecule has 0 bridgehead atoms. The normalized spacial score (nSPS) is 12.0. The summed E-state index contributed by atoms with van der Waals surface area (Å²) >= 11 is 3.52. The molecule has 0 aliphatic heterocycles. The van der Waals surface area contributed by atoms with Gasteiger partial charge >= 0.3 is 0 Å². The van der Waals surface area contributed by atoms with Crippen molar-refractivity contribution in [3.05, 3.63) is 0 Å². The van der Waals surface area contributed by atoms with Gasteiger partial charge in [-0.1, -0.05) is 42.6 Å². The van der Waals surface area contributed by atoms with E-state index in [-0.39, 0.29) is 0 Å². The van der Waals surface area contributed by atoms with E-state index in [0.717, 1.165) is 5.33 Å². The van der Waals surface area contributed by atoms with Gasteiger partial charge < -0.3 is 4.43 Å². The van der Waals surface area contributed by atoms with Crippen molar-refractivity contribution >= 4 is 24.2 Å². The van der Waals surface area contributed by atoms with Crippen molar-refractivity contribution in [3.8, 4) is 0 Å². The van der Waals surface area contributed by atoms with Crippen LogP contribution in [0, 0.1) is 0 Å². The van der Waals surface area contributed by atoms with E-state index in [4.69, 9.17) is 4.43 Å². The second kappa shape index (κ2) is 7.10. The predicted octanol–water partition coefficient (Wildman–Crippen LogP) is 3.79. The van der Waals surface area contributed by atoms with Gasteiger partial charge in [0.05, 0.1) is 0 Å². The van der Waals surface area contributed by atoms with Gasteiger partial charge in [0, 0.05) is 12.4 Å². The molecule has 0 radical (unpaired) electrons. The largest absolute Gasteiger partial charge is 0.420 e. The van der Waals surface area contributed by atoms with Crippen LogP contribution in [0.15, 0.2) is 0 Å². The van der Waals surface area contributed by atoms with E-state index < -0.39 is 8.32 Å². The highest BCUT2D eigenvalue weighted by Gasteiger charge is 2.30. The lowest BCUT2D eigenvalue weighted by Gasteiger charge is -2.28. The maximum absolute atomic E-state index is 5.77. The van der Waals surface area contributed by atoms with Gasteiger partial charge in [0.2, 0.25) is 0 Å². The zero-order valence-electron chi connectivity index (χ0n) is 8.53. The molecule has 0 aromatic rings. The number of halogens is 1. The number of alkyl halides is 1. The van der Waals surface area contributed by atoms with Crippen molar-refractivity contribution in [2.75, 3.05) is 12.4 Å². The highest BCUT2D eigenvalue weighted by molar-refractivity contribution is 9.09. The molecule has 0 heterocycles. The summed E-state index contributed by atoms with van der Waals surface area (Å²) < 4.78 is 5.77. The number of hydrogen-bond donors (Lipinski definition) is 0. The van der Waals surface area contributed by atoms with Crippen molar-refractivity contribution in [3.63, 3.8) is 0 Å². The maximum Gasteiger partial charge on any atom is 0.193 e. The first-order valence-corrected chi connectivity index (χ1v) is 8.51. The fourth-order valence-electron chi connectivity index (χ4n) is 1.76. The van der Waals surface area contributed by atoms with Gasteiger partial charge in [-0.2, -0.15) is 0 Å². The van der Waals surface area contributed by atoms with E-state index >= 15 is 0 Å². The van der Waals surface area contributed by atoms with Gasteiger partial charge in [-0.05, 0) is 18.1 Å². The lowest BCUT2D eigenvalue weighted by molar-refractivity contribution is 0.389. The Balaban J connectivity index is 4.06. The Morgan fingerprint density at radius 3 is 1.83 bits per heavy atom. The Bertz CT molecular complexity index is 91.7. The van der Waals surface area contributed by atoms with Crippen molar-refractivity contribution in [1.29, 1.82) is 0 Å². The first kappa shape index (κ1) is 12.7. The van der Waals surface area contributed by atoms with E-state index in [0.29, 0.717) is 0 Å². The summed E-state index contributed by atoms with van der Waals surface area (Å²) in [5.41, 5.74) is 0. The molecular formula is C9H21BrOSi. The third kappa shape index (κ3) is 4.05. The van der Waals surface area contributed by atoms with E-state index in [1.807, 2.05) is 7.11 Å². The molecule has 0 aliphatic carbocycles. The second-order valence-electron chi connectivity index (χ2n) is 3.33. The molecule has 0 amide bonds. The van der Waals surface area contributed by atoms with E-state index in [1.165, 1.54) is 31.0 Å². The maximum atomic E-state index is 5.77. The lowest BCUT2D eigenvalue weighted by Crippen LogP contribution is -2.36. The van der Waals surface area contributed by atoms with Crippen LogP contribution in [0.3, 0.4) is 0 Å². The van der Waals surface area contributed by atoms with Gasteiger partial charge in [0.1, 0.15) is 0 Å². The second-order valence-corrected chi connectivity index (χ2v) is 8.39. The van der Waals surface area contributed by atoms with Crippen LogP contribution < -0.4 is 0 Å². The molecule has 3 heteroatoms. The number of hydrogen-bond acceptors (Lipinski definition) is 1. The zero-order valence-corrected chi connectivity index (χ0v) is 11.1. The average Bonchev–Trinajstić information content (AvgIpc) is 2.06. The smallest absolute Gasteiger partial charge is 0.193 e. The molecular weight excluding hydrogens is 232 g/mol. The standard InChI is InChI=1S/C9H21BrOSi/c1-4-7-12(11-3,8-5-2)9-6-10/h4-9H2,1-3H3. The van der Waals surface area contributed by atoms with Gasteiger partial charge in [-0.25, -0.2) is 0 Å². The van der Waals surface area contributed by atoms with Crippen LogP contribution in [0.5, 0.6) is 0 Å². The minimum atomic E-state index is -1.32. The van der Waals surface area contributed by atoms with Crippen molar-refractivity contribution in [2.45, 2.75) is 44.8 Å². The summed E-state index contributed by atoms with van der Waals surface area (Å²) in [7, 11) is 0.587. The zero-order chi connectivity index (χ0) is 9.45. The summed E-state index contributed by atoms with van der Waals surface area (Å²) in [5, 5.41) is 1.10. The molecule has 0 aromatic heterocycles. The predicted molar refractivity (Wildman–Crippen MR) is 61.6 cm³/mol. The van der Waals surface area contributed by atoms with E-state index in [2.05, 4.69) is 29.8 Å². The lowest BCUT2D eigenvalue weighted by atomic mass is 10.6. The third-order valence-corrected chi connectivity index (χ3v) is 8.37. The highest BCUT2D eigenvalue weighted by Crippen LogP contribution is 2.25. The van der Waals surface area contributed by atoms with Gasteiger partial charge in [-0.3, -0.25) is 0 Å². The molecule has 0 aliphatic rings. The summed E-state index contributed by atoms with van der Waals surface area (Å²) in [6.45, 7) is 4.51. The molecule has 0 aromatic carbocycles. The molecule has 0 spiro atoms. The summed E-state index contributed by atoms with van der Waals surface area (Å²) in [4.78, 5) is 0. The molecule has 0 saturated heterocycles. The Kier molecular flexibility index (Phi) is 7.49. The molecule has 0 unspecified atom stereocenters. The molecule has 0 saturated carbocycles. The Morgan fingerprint density at radius 1 is 1.08 bits per heavy atom. The molecule has 0 rings (SSSR count). The van der Waals surface area contributed by atoms with Gasteiger partial charge in [-0.15, -0.1) is 0 Å². The van der Waals surface area contributed by atoms with Crippen LogP contribution in [-0.4, -0.2) is 20.8 Å². The topological polar surface area (TPSA) is 9.23 Å². The monoisotopic (exact) mass is 252 g/mol. The summed E-state index contributed by atoms with van der Waals surface area (Å²) in [5.74, 6) is 0. The third-order valence-electron chi connectivity index (χ3n) is 2.39. The fourth-order valence-corrected chi connectivity index (χ4v) is 7.46. The van der Waals surface area contributed by atoms with Gasteiger partial charge in [0.25, 0.3) is 0 Å². The Morgan fingerprint density at radius 2 is 1.58 bits per heavy atom. The molecule has 0 fully saturated rings. The minimum Gasteiger partial charge on any atom is -0.420 e. The van der Waals surface area contributed by atoms with E-state index in [1.54, 1.807) is 0 Å². The van der Waals surface area contributed by atoms with Crippen molar-refractivity contribution < 1.29 is 4.43 Å². The first-order chi connectivity index (χ1) is 5.74. The van der Waals surface area contributed by atoms with Crippen molar-refractivity contribution in [2.24, 2.45) is 0 Å². The molecule has 74 valence electrons. The molecule has 12 heavy (non-hydrogen) atoms. The first-order valence-electron chi connectivity index (χ1n) is 4.85. The van der Waals surface area contributed by atoms with Crippen LogP contribution in [0.2, 0.25) is 18.1 Å². The van der Waals surface area contributed by atoms with Gasteiger partial charge in [0.15, 0.2) is 8.32 Å². The molecule has 0 N–H and O–H groups in total. The van der Waals surface area contributed by atoms with E-state index in [9.17, 15) is 0 Å². The summed E-state index contributed by atoms with van der Waals surface area (Å²) in [6.07, 6.45) is 2.54. The van der Waals surface area contributed by atoms with Crippen LogP contribution in [0.25, 0.3) is 0 Å². The molecule has 1 nitrogen and oxygen atoms in total. The van der Waals surface area contributed by atoms with Crippen LogP contribution >= 0.6 is 15.9 Å². The Labute approximate surface area is 86.1 Å². The minimum absolute atomic E-state index is 1.10. The SMILES string of the molecule is CCC[Si](CCC)(CCBr)OC. The average molecular weight is 253 g/mol. The van der Waals surface area contributed by atoms with Crippen LogP contribution in [-0.2, 0) is 4.43 Å². The fraction of sp³-hybridized carbons (Fsp3) is 1.00. The van der Waals surface area contributed by atoms with Crippen LogP contribution in [0.1, 0.15) is 26.7 Å².